The highest BCUT2D eigenvalue weighted by atomic mass is 19.4. The van der Waals surface area contributed by atoms with Crippen molar-refractivity contribution in [3.63, 3.8) is 0 Å². The molecule has 5 nitrogen and oxygen atoms in total. The van der Waals surface area contributed by atoms with Crippen LogP contribution in [0.25, 0.3) is 0 Å². The van der Waals surface area contributed by atoms with E-state index in [1.165, 1.54) is 12.1 Å². The van der Waals surface area contributed by atoms with Gasteiger partial charge in [0.05, 0.1) is 5.56 Å². The minimum atomic E-state index is -4.37. The van der Waals surface area contributed by atoms with Crippen LogP contribution < -0.4 is 5.32 Å². The number of nitrogens with one attached hydrogen (secondary N) is 1. The summed E-state index contributed by atoms with van der Waals surface area (Å²) in [4.78, 5) is 20.1. The quantitative estimate of drug-likeness (QED) is 0.673. The molecule has 0 bridgehead atoms. The van der Waals surface area contributed by atoms with E-state index in [1.807, 2.05) is 0 Å². The van der Waals surface area contributed by atoms with Gasteiger partial charge < -0.3 is 5.32 Å². The number of alkyl halides is 3. The van der Waals surface area contributed by atoms with Crippen LogP contribution in [0.15, 0.2) is 54.6 Å². The number of hydrogen-bond donors (Lipinski definition) is 1. The summed E-state index contributed by atoms with van der Waals surface area (Å²) in [6, 6.07) is 12.8. The van der Waals surface area contributed by atoms with Crippen LogP contribution >= 0.6 is 0 Å². The number of rotatable bonds is 2. The van der Waals surface area contributed by atoms with Gasteiger partial charge in [0.1, 0.15) is 0 Å². The van der Waals surface area contributed by atoms with Crippen molar-refractivity contribution in [1.29, 1.82) is 0 Å². The lowest BCUT2D eigenvalue weighted by atomic mass is 10.2. The summed E-state index contributed by atoms with van der Waals surface area (Å²) in [5.74, 6) is -0.361. The molecule has 2 rings (SSSR count). The first-order chi connectivity index (χ1) is 10.7. The van der Waals surface area contributed by atoms with Gasteiger partial charge in [0.2, 0.25) is 0 Å². The molecule has 0 aliphatic rings. The predicted octanol–water partition coefficient (Wildman–Crippen LogP) is 3.85. The Kier molecular flexibility index (Phi) is 6.25. The van der Waals surface area contributed by atoms with Crippen molar-refractivity contribution < 1.29 is 22.9 Å². The number of carbonyl (C=O) groups is 1. The zero-order valence-corrected chi connectivity index (χ0v) is 12.0. The van der Waals surface area contributed by atoms with Crippen LogP contribution in [0.3, 0.4) is 0 Å². The topological polar surface area (TPSA) is 72.2 Å². The van der Waals surface area contributed by atoms with E-state index in [0.717, 1.165) is 19.2 Å². The van der Waals surface area contributed by atoms with E-state index >= 15 is 0 Å². The van der Waals surface area contributed by atoms with Gasteiger partial charge in [-0.25, -0.2) is 0 Å². The van der Waals surface area contributed by atoms with Gasteiger partial charge in [-0.3, -0.25) is 14.9 Å². The molecule has 0 atom stereocenters. The predicted molar refractivity (Wildman–Crippen MR) is 78.8 cm³/mol. The summed E-state index contributed by atoms with van der Waals surface area (Å²) in [6.07, 6.45) is -4.37. The minimum Gasteiger partial charge on any atom is -0.322 e. The lowest BCUT2D eigenvalue weighted by Crippen LogP contribution is -2.12. The molecule has 2 aromatic rings. The Labute approximate surface area is 129 Å². The molecule has 0 aliphatic carbocycles. The Morgan fingerprint density at radius 2 is 1.52 bits per heavy atom. The number of halogens is 3. The van der Waals surface area contributed by atoms with Crippen LogP contribution in [-0.2, 0) is 6.18 Å². The van der Waals surface area contributed by atoms with Crippen LogP contribution in [0.1, 0.15) is 15.9 Å². The number of amides is 1. The summed E-state index contributed by atoms with van der Waals surface area (Å²) < 4.78 is 37.1. The third kappa shape index (κ3) is 6.60. The molecule has 122 valence electrons. The average molecular weight is 326 g/mol. The molecule has 0 aliphatic heterocycles. The van der Waals surface area contributed by atoms with Gasteiger partial charge in [-0.1, -0.05) is 18.2 Å². The van der Waals surface area contributed by atoms with Crippen LogP contribution in [0.5, 0.6) is 0 Å². The Morgan fingerprint density at radius 1 is 1.04 bits per heavy atom. The minimum absolute atomic E-state index is 0.321. The molecule has 1 N–H and O–H groups in total. The average Bonchev–Trinajstić information content (AvgIpc) is 2.47. The first-order valence-electron chi connectivity index (χ1n) is 6.32. The van der Waals surface area contributed by atoms with Crippen molar-refractivity contribution in [1.82, 2.24) is 0 Å². The summed E-state index contributed by atoms with van der Waals surface area (Å²) in [7, 11) is 0.889. The summed E-state index contributed by atoms with van der Waals surface area (Å²) in [6.45, 7) is 0. The van der Waals surface area contributed by atoms with Crippen molar-refractivity contribution >= 4 is 11.6 Å². The van der Waals surface area contributed by atoms with E-state index < -0.39 is 16.7 Å². The number of hydrogen-bond acceptors (Lipinski definition) is 3. The molecule has 0 radical (unpaired) electrons. The van der Waals surface area contributed by atoms with Gasteiger partial charge in [0.25, 0.3) is 5.91 Å². The van der Waals surface area contributed by atoms with E-state index in [9.17, 15) is 18.0 Å². The highest BCUT2D eigenvalue weighted by molar-refractivity contribution is 6.04. The van der Waals surface area contributed by atoms with Crippen LogP contribution in [0.2, 0.25) is 0 Å². The van der Waals surface area contributed by atoms with E-state index in [1.54, 1.807) is 30.3 Å². The standard InChI is InChI=1S/C14H10F3NO.CH3NO2/c15-14(16,17)11-6-8-12(9-7-11)18-13(19)10-4-2-1-3-5-10;1-2(3)4/h1-9H,(H,18,19);1H3. The Bertz CT molecular complexity index is 652. The molecule has 0 aromatic heterocycles. The SMILES string of the molecule is C[N+](=O)[O-].O=C(Nc1ccc(C(F)(F)F)cc1)c1ccccc1. The summed E-state index contributed by atoms with van der Waals surface area (Å²) >= 11 is 0. The number of nitro groups is 1. The highest BCUT2D eigenvalue weighted by Crippen LogP contribution is 2.29. The van der Waals surface area contributed by atoms with E-state index in [2.05, 4.69) is 5.32 Å². The highest BCUT2D eigenvalue weighted by Gasteiger charge is 2.29. The fourth-order valence-corrected chi connectivity index (χ4v) is 1.54. The Balaban J connectivity index is 0.000000593. The first-order valence-corrected chi connectivity index (χ1v) is 6.32. The largest absolute Gasteiger partial charge is 0.416 e. The molecule has 1 amide bonds. The maximum Gasteiger partial charge on any atom is 0.416 e. The molecule has 8 heteroatoms. The van der Waals surface area contributed by atoms with E-state index in [-0.39, 0.29) is 5.91 Å². The second-order valence-electron chi connectivity index (χ2n) is 4.33. The van der Waals surface area contributed by atoms with Gasteiger partial charge in [-0.15, -0.1) is 0 Å². The van der Waals surface area contributed by atoms with Crippen molar-refractivity contribution in [2.45, 2.75) is 6.18 Å². The molecule has 0 spiro atoms. The molecular weight excluding hydrogens is 313 g/mol. The fraction of sp³-hybridized carbons (Fsp3) is 0.133. The van der Waals surface area contributed by atoms with Gasteiger partial charge in [-0.2, -0.15) is 13.2 Å². The molecule has 0 unspecified atom stereocenters. The molecule has 23 heavy (non-hydrogen) atoms. The lowest BCUT2D eigenvalue weighted by molar-refractivity contribution is -0.445. The second-order valence-corrected chi connectivity index (χ2v) is 4.33. The van der Waals surface area contributed by atoms with E-state index in [0.29, 0.717) is 11.3 Å². The number of nitrogens with zero attached hydrogens (tertiary/aromatic N) is 1. The van der Waals surface area contributed by atoms with Crippen molar-refractivity contribution in [3.8, 4) is 0 Å². The normalized spacial score (nSPS) is 10.3. The maximum absolute atomic E-state index is 12.4. The van der Waals surface area contributed by atoms with Crippen LogP contribution in [0, 0.1) is 10.1 Å². The van der Waals surface area contributed by atoms with Crippen molar-refractivity contribution in [2.24, 2.45) is 0 Å². The zero-order chi connectivity index (χ0) is 17.5. The molecule has 0 heterocycles. The van der Waals surface area contributed by atoms with Gasteiger partial charge in [0.15, 0.2) is 7.05 Å². The third-order valence-corrected chi connectivity index (χ3v) is 2.51. The fourth-order valence-electron chi connectivity index (χ4n) is 1.54. The summed E-state index contributed by atoms with van der Waals surface area (Å²) in [5.41, 5.74) is 0.0226. The number of carbonyl (C=O) groups excluding carboxylic acids is 1. The number of anilines is 1. The Hall–Kier alpha value is -2.90. The monoisotopic (exact) mass is 326 g/mol. The van der Waals surface area contributed by atoms with Gasteiger partial charge in [-0.05, 0) is 36.4 Å². The van der Waals surface area contributed by atoms with Gasteiger partial charge in [0, 0.05) is 16.2 Å². The van der Waals surface area contributed by atoms with E-state index in [4.69, 9.17) is 10.1 Å². The second kappa shape index (κ2) is 7.92. The molecule has 0 fully saturated rings. The van der Waals surface area contributed by atoms with Crippen LogP contribution in [-0.4, -0.2) is 17.9 Å². The molecule has 0 saturated carbocycles. The lowest BCUT2D eigenvalue weighted by Gasteiger charge is -2.08. The van der Waals surface area contributed by atoms with Crippen molar-refractivity contribution in [2.75, 3.05) is 12.4 Å². The van der Waals surface area contributed by atoms with Crippen LogP contribution in [0.4, 0.5) is 18.9 Å². The summed E-state index contributed by atoms with van der Waals surface area (Å²) in [5, 5.41) is 11.3. The first kappa shape index (κ1) is 18.1. The number of benzene rings is 2. The molecule has 0 saturated heterocycles. The smallest absolute Gasteiger partial charge is 0.322 e. The Morgan fingerprint density at radius 3 is 1.96 bits per heavy atom. The maximum atomic E-state index is 12.4. The zero-order valence-electron chi connectivity index (χ0n) is 12.0. The van der Waals surface area contributed by atoms with Gasteiger partial charge >= 0.3 is 6.18 Å². The molecule has 2 aromatic carbocycles. The molecular formula is C15H13F3N2O3. The third-order valence-electron chi connectivity index (χ3n) is 2.51. The van der Waals surface area contributed by atoms with Crippen molar-refractivity contribution in [3.05, 3.63) is 75.8 Å².